The summed E-state index contributed by atoms with van der Waals surface area (Å²) in [6, 6.07) is 7.89. The Morgan fingerprint density at radius 2 is 2.12 bits per heavy atom. The maximum absolute atomic E-state index is 6.12. The average Bonchev–Trinajstić information content (AvgIpc) is 2.32. The third-order valence-corrected chi connectivity index (χ3v) is 4.52. The van der Waals surface area contributed by atoms with Gasteiger partial charge in [0.25, 0.3) is 0 Å². The summed E-state index contributed by atoms with van der Waals surface area (Å²) in [5.41, 5.74) is 1.95. The molecule has 0 aliphatic carbocycles. The minimum atomic E-state index is 0.521. The Hall–Kier alpha value is -0.200. The van der Waals surface area contributed by atoms with Gasteiger partial charge >= 0.3 is 0 Å². The van der Waals surface area contributed by atoms with Gasteiger partial charge in [-0.2, -0.15) is 0 Å². The van der Waals surface area contributed by atoms with Gasteiger partial charge in [-0.25, -0.2) is 9.97 Å². The molecule has 0 spiro atoms. The Morgan fingerprint density at radius 3 is 2.76 bits per heavy atom. The fraction of sp³-hybridized carbons (Fsp3) is 0.167. The zero-order valence-electron chi connectivity index (χ0n) is 9.04. The molecule has 0 radical (unpaired) electrons. The Morgan fingerprint density at radius 1 is 1.35 bits per heavy atom. The van der Waals surface area contributed by atoms with E-state index < -0.39 is 0 Å². The molecule has 0 N–H and O–H groups in total. The Bertz CT molecular complexity index is 560. The molecule has 2 nitrogen and oxygen atoms in total. The molecule has 2 aromatic rings. The van der Waals surface area contributed by atoms with Crippen LogP contribution in [0.2, 0.25) is 5.15 Å². The molecule has 0 amide bonds. The van der Waals surface area contributed by atoms with Gasteiger partial charge in [-0.15, -0.1) is 0 Å². The molecular formula is C12H9BrClIN2. The lowest BCUT2D eigenvalue weighted by Crippen LogP contribution is -1.99. The number of hydrogen-bond donors (Lipinski definition) is 0. The van der Waals surface area contributed by atoms with Crippen molar-refractivity contribution in [1.29, 1.82) is 0 Å². The molecule has 0 saturated carbocycles. The third kappa shape index (κ3) is 2.98. The van der Waals surface area contributed by atoms with Crippen molar-refractivity contribution in [1.82, 2.24) is 9.97 Å². The quantitative estimate of drug-likeness (QED) is 0.516. The van der Waals surface area contributed by atoms with Crippen LogP contribution in [0.4, 0.5) is 0 Å². The van der Waals surface area contributed by atoms with Crippen LogP contribution in [0.15, 0.2) is 28.7 Å². The number of nitrogens with zero attached hydrogens (tertiary/aromatic N) is 2. The maximum Gasteiger partial charge on any atom is 0.161 e. The molecule has 0 aliphatic heterocycles. The fourth-order valence-corrected chi connectivity index (χ4v) is 2.66. The first-order chi connectivity index (χ1) is 8.11. The summed E-state index contributed by atoms with van der Waals surface area (Å²) in [5.74, 6) is 0.675. The van der Waals surface area contributed by atoms with Gasteiger partial charge in [0.15, 0.2) is 5.82 Å². The highest BCUT2D eigenvalue weighted by Gasteiger charge is 2.10. The minimum absolute atomic E-state index is 0.521. The van der Waals surface area contributed by atoms with Gasteiger partial charge in [-0.05, 0) is 41.1 Å². The predicted molar refractivity (Wildman–Crippen MR) is 82.3 cm³/mol. The summed E-state index contributed by atoms with van der Waals surface area (Å²) < 4.78 is 1.94. The van der Waals surface area contributed by atoms with E-state index >= 15 is 0 Å². The number of hydrogen-bond acceptors (Lipinski definition) is 2. The van der Waals surface area contributed by atoms with Gasteiger partial charge in [0, 0.05) is 10.0 Å². The predicted octanol–water partition coefficient (Wildman–Crippen LogP) is 4.73. The molecule has 1 aromatic heterocycles. The number of rotatable bonds is 2. The van der Waals surface area contributed by atoms with E-state index in [1.807, 2.05) is 24.3 Å². The molecule has 1 aromatic carbocycles. The van der Waals surface area contributed by atoms with Crippen LogP contribution >= 0.6 is 50.1 Å². The van der Waals surface area contributed by atoms with Crippen LogP contribution in [-0.4, -0.2) is 9.97 Å². The van der Waals surface area contributed by atoms with E-state index in [1.165, 1.54) is 0 Å². The smallest absolute Gasteiger partial charge is 0.161 e. The van der Waals surface area contributed by atoms with Gasteiger partial charge in [-0.3, -0.25) is 0 Å². The van der Waals surface area contributed by atoms with Gasteiger partial charge in [0.05, 0.1) is 9.26 Å². The fourth-order valence-electron chi connectivity index (χ4n) is 1.45. The molecule has 0 bridgehead atoms. The number of aryl methyl sites for hydroxylation is 1. The molecule has 88 valence electrons. The first-order valence-electron chi connectivity index (χ1n) is 5.09. The van der Waals surface area contributed by atoms with Crippen molar-refractivity contribution in [2.24, 2.45) is 0 Å². The van der Waals surface area contributed by atoms with Crippen molar-refractivity contribution in [3.63, 3.8) is 0 Å². The normalized spacial score (nSPS) is 10.6. The van der Waals surface area contributed by atoms with E-state index in [9.17, 15) is 0 Å². The largest absolute Gasteiger partial charge is 0.232 e. The van der Waals surface area contributed by atoms with Crippen LogP contribution < -0.4 is 0 Å². The second-order valence-electron chi connectivity index (χ2n) is 3.46. The second-order valence-corrected chi connectivity index (χ2v) is 5.82. The van der Waals surface area contributed by atoms with Gasteiger partial charge in [0.1, 0.15) is 5.15 Å². The van der Waals surface area contributed by atoms with E-state index in [1.54, 1.807) is 0 Å². The van der Waals surface area contributed by atoms with E-state index in [4.69, 9.17) is 11.6 Å². The van der Waals surface area contributed by atoms with Gasteiger partial charge in [-0.1, -0.05) is 46.6 Å². The molecule has 0 aliphatic rings. The van der Waals surface area contributed by atoms with Crippen molar-refractivity contribution in [3.8, 4) is 11.4 Å². The topological polar surface area (TPSA) is 25.8 Å². The average molecular weight is 423 g/mol. The van der Waals surface area contributed by atoms with Crippen molar-refractivity contribution in [2.75, 3.05) is 0 Å². The molecule has 5 heteroatoms. The highest BCUT2D eigenvalue weighted by atomic mass is 127. The second kappa shape index (κ2) is 5.63. The zero-order valence-corrected chi connectivity index (χ0v) is 13.5. The SMILES string of the molecule is CCc1nc(-c2cccc(Br)c2)nc(Cl)c1I. The van der Waals surface area contributed by atoms with E-state index in [-0.39, 0.29) is 0 Å². The monoisotopic (exact) mass is 422 g/mol. The van der Waals surface area contributed by atoms with E-state index in [0.29, 0.717) is 11.0 Å². The third-order valence-electron chi connectivity index (χ3n) is 2.30. The summed E-state index contributed by atoms with van der Waals surface area (Å²) >= 11 is 11.7. The molecule has 2 rings (SSSR count). The van der Waals surface area contributed by atoms with Crippen LogP contribution in [-0.2, 0) is 6.42 Å². The maximum atomic E-state index is 6.12. The lowest BCUT2D eigenvalue weighted by atomic mass is 10.2. The van der Waals surface area contributed by atoms with Crippen molar-refractivity contribution < 1.29 is 0 Å². The van der Waals surface area contributed by atoms with Crippen molar-refractivity contribution in [3.05, 3.63) is 43.2 Å². The number of halogens is 3. The highest BCUT2D eigenvalue weighted by molar-refractivity contribution is 14.1. The van der Waals surface area contributed by atoms with Crippen LogP contribution in [0, 0.1) is 3.57 Å². The molecule has 0 saturated heterocycles. The summed E-state index contributed by atoms with van der Waals surface area (Å²) in [5, 5.41) is 0.521. The Labute approximate surface area is 127 Å². The Kier molecular flexibility index (Phi) is 4.38. The van der Waals surface area contributed by atoms with Crippen LogP contribution in [0.25, 0.3) is 11.4 Å². The van der Waals surface area contributed by atoms with Gasteiger partial charge in [0.2, 0.25) is 0 Å². The number of benzene rings is 1. The highest BCUT2D eigenvalue weighted by Crippen LogP contribution is 2.25. The lowest BCUT2D eigenvalue weighted by molar-refractivity contribution is 0.989. The molecule has 17 heavy (non-hydrogen) atoms. The lowest BCUT2D eigenvalue weighted by Gasteiger charge is -2.06. The van der Waals surface area contributed by atoms with Crippen molar-refractivity contribution >= 4 is 50.1 Å². The minimum Gasteiger partial charge on any atom is -0.232 e. The summed E-state index contributed by atoms with van der Waals surface area (Å²) in [7, 11) is 0. The molecular weight excluding hydrogens is 414 g/mol. The summed E-state index contributed by atoms with van der Waals surface area (Å²) in [4.78, 5) is 8.86. The zero-order chi connectivity index (χ0) is 12.4. The first-order valence-corrected chi connectivity index (χ1v) is 7.34. The van der Waals surface area contributed by atoms with Crippen LogP contribution in [0.1, 0.15) is 12.6 Å². The van der Waals surface area contributed by atoms with E-state index in [0.717, 1.165) is 25.7 Å². The van der Waals surface area contributed by atoms with Crippen LogP contribution in [0.5, 0.6) is 0 Å². The van der Waals surface area contributed by atoms with E-state index in [2.05, 4.69) is 55.4 Å². The number of aromatic nitrogens is 2. The first kappa shape index (κ1) is 13.2. The Balaban J connectivity index is 2.56. The van der Waals surface area contributed by atoms with Crippen molar-refractivity contribution in [2.45, 2.75) is 13.3 Å². The molecule has 0 atom stereocenters. The standard InChI is InChI=1S/C12H9BrClIN2/c1-2-9-10(15)11(14)17-12(16-9)7-4-3-5-8(13)6-7/h3-6H,2H2,1H3. The van der Waals surface area contributed by atoms with Gasteiger partial charge < -0.3 is 0 Å². The molecule has 0 fully saturated rings. The summed E-state index contributed by atoms with van der Waals surface area (Å²) in [6.07, 6.45) is 0.849. The molecule has 1 heterocycles. The molecule has 0 unspecified atom stereocenters. The van der Waals surface area contributed by atoms with Crippen LogP contribution in [0.3, 0.4) is 0 Å². The summed E-state index contributed by atoms with van der Waals surface area (Å²) in [6.45, 7) is 2.06.